The molecule has 0 spiro atoms. The number of halogens is 1. The van der Waals surface area contributed by atoms with Crippen LogP contribution in [0.25, 0.3) is 0 Å². The molecule has 1 fully saturated rings. The Balaban J connectivity index is 2.00. The van der Waals surface area contributed by atoms with Gasteiger partial charge < -0.3 is 4.90 Å². The summed E-state index contributed by atoms with van der Waals surface area (Å²) in [5.74, 6) is 0.687. The maximum atomic E-state index is 12.7. The highest BCUT2D eigenvalue weighted by Crippen LogP contribution is 2.25. The minimum Gasteiger partial charge on any atom is -0.301 e. The largest absolute Gasteiger partial charge is 0.301 e. The van der Waals surface area contributed by atoms with Crippen LogP contribution in [0.4, 0.5) is 0 Å². The topological polar surface area (TPSA) is 40.6 Å². The lowest BCUT2D eigenvalue weighted by atomic mass is 10.1. The first-order chi connectivity index (χ1) is 9.91. The third-order valence-electron chi connectivity index (χ3n) is 3.81. The Morgan fingerprint density at radius 2 is 1.76 bits per heavy atom. The van der Waals surface area contributed by atoms with Gasteiger partial charge in [0.25, 0.3) is 0 Å². The zero-order valence-corrected chi connectivity index (χ0v) is 15.0. The molecule has 6 heteroatoms. The summed E-state index contributed by atoms with van der Waals surface area (Å²) in [6, 6.07) is 7.01. The minimum atomic E-state index is -3.39. The SMILES string of the molecule is CC(C)CCN1CCN(S(=O)(=O)c2ccccc2Br)CC1. The standard InChI is InChI=1S/C15H23BrN2O2S/c1-13(2)7-8-17-9-11-18(12-10-17)21(19,20)15-6-4-3-5-14(15)16/h3-6,13H,7-12H2,1-2H3. The number of hydrogen-bond acceptors (Lipinski definition) is 3. The molecule has 0 aliphatic carbocycles. The fourth-order valence-corrected chi connectivity index (χ4v) is 4.81. The van der Waals surface area contributed by atoms with Gasteiger partial charge in [-0.1, -0.05) is 26.0 Å². The van der Waals surface area contributed by atoms with Gasteiger partial charge in [-0.15, -0.1) is 0 Å². The van der Waals surface area contributed by atoms with Crippen LogP contribution in [0.5, 0.6) is 0 Å². The average Bonchev–Trinajstić information content (AvgIpc) is 2.46. The molecule has 1 heterocycles. The molecule has 1 aliphatic rings. The van der Waals surface area contributed by atoms with Crippen LogP contribution in [0.3, 0.4) is 0 Å². The van der Waals surface area contributed by atoms with Gasteiger partial charge >= 0.3 is 0 Å². The molecule has 0 unspecified atom stereocenters. The summed E-state index contributed by atoms with van der Waals surface area (Å²) in [6.45, 7) is 8.26. The Kier molecular flexibility index (Phi) is 5.82. The molecule has 1 aromatic carbocycles. The van der Waals surface area contributed by atoms with E-state index < -0.39 is 10.0 Å². The predicted molar refractivity (Wildman–Crippen MR) is 88.8 cm³/mol. The van der Waals surface area contributed by atoms with E-state index in [0.717, 1.165) is 26.1 Å². The second kappa shape index (κ2) is 7.22. The van der Waals surface area contributed by atoms with Crippen LogP contribution < -0.4 is 0 Å². The highest BCUT2D eigenvalue weighted by molar-refractivity contribution is 9.10. The van der Waals surface area contributed by atoms with Crippen LogP contribution in [0.1, 0.15) is 20.3 Å². The number of sulfonamides is 1. The number of nitrogens with zero attached hydrogens (tertiary/aromatic N) is 2. The Morgan fingerprint density at radius 1 is 1.14 bits per heavy atom. The van der Waals surface area contributed by atoms with Gasteiger partial charge in [0.05, 0.1) is 4.90 Å². The lowest BCUT2D eigenvalue weighted by Gasteiger charge is -2.34. The Hall–Kier alpha value is -0.430. The highest BCUT2D eigenvalue weighted by Gasteiger charge is 2.29. The van der Waals surface area contributed by atoms with Crippen LogP contribution >= 0.6 is 15.9 Å². The van der Waals surface area contributed by atoms with Crippen LogP contribution in [-0.4, -0.2) is 50.3 Å². The third-order valence-corrected chi connectivity index (χ3v) is 6.72. The van der Waals surface area contributed by atoms with E-state index in [9.17, 15) is 8.42 Å². The number of hydrogen-bond donors (Lipinski definition) is 0. The van der Waals surface area contributed by atoms with Gasteiger partial charge in [0.15, 0.2) is 0 Å². The first-order valence-electron chi connectivity index (χ1n) is 7.38. The summed E-state index contributed by atoms with van der Waals surface area (Å²) in [4.78, 5) is 2.71. The fourth-order valence-electron chi connectivity index (χ4n) is 2.43. The van der Waals surface area contributed by atoms with E-state index in [0.29, 0.717) is 28.4 Å². The van der Waals surface area contributed by atoms with Gasteiger partial charge in [-0.3, -0.25) is 0 Å². The number of piperazine rings is 1. The van der Waals surface area contributed by atoms with Gasteiger partial charge in [0, 0.05) is 30.7 Å². The molecule has 0 amide bonds. The second-order valence-electron chi connectivity index (χ2n) is 5.86. The normalized spacial score (nSPS) is 18.3. The monoisotopic (exact) mass is 374 g/mol. The molecule has 2 rings (SSSR count). The van der Waals surface area contributed by atoms with E-state index in [1.54, 1.807) is 22.5 Å². The second-order valence-corrected chi connectivity index (χ2v) is 8.62. The van der Waals surface area contributed by atoms with Gasteiger partial charge in [-0.2, -0.15) is 4.31 Å². The molecule has 1 aliphatic heterocycles. The highest BCUT2D eigenvalue weighted by atomic mass is 79.9. The van der Waals surface area contributed by atoms with E-state index in [1.807, 2.05) is 6.07 Å². The van der Waals surface area contributed by atoms with Crippen LogP contribution in [0.2, 0.25) is 0 Å². The summed E-state index contributed by atoms with van der Waals surface area (Å²) < 4.78 is 27.5. The maximum absolute atomic E-state index is 12.7. The van der Waals surface area contributed by atoms with E-state index in [-0.39, 0.29) is 0 Å². The zero-order valence-electron chi connectivity index (χ0n) is 12.6. The quantitative estimate of drug-likeness (QED) is 0.795. The van der Waals surface area contributed by atoms with Gasteiger partial charge in [0.1, 0.15) is 0 Å². The number of rotatable bonds is 5. The summed E-state index contributed by atoms with van der Waals surface area (Å²) in [6.07, 6.45) is 1.16. The van der Waals surface area contributed by atoms with Crippen molar-refractivity contribution in [2.45, 2.75) is 25.2 Å². The molecule has 118 valence electrons. The average molecular weight is 375 g/mol. The van der Waals surface area contributed by atoms with Crippen molar-refractivity contribution in [1.82, 2.24) is 9.21 Å². The Morgan fingerprint density at radius 3 is 2.33 bits per heavy atom. The molecule has 4 nitrogen and oxygen atoms in total. The van der Waals surface area contributed by atoms with E-state index in [1.165, 1.54) is 0 Å². The van der Waals surface area contributed by atoms with Crippen molar-refractivity contribution in [3.05, 3.63) is 28.7 Å². The summed E-state index contributed by atoms with van der Waals surface area (Å²) in [7, 11) is -3.39. The molecule has 0 N–H and O–H groups in total. The predicted octanol–water partition coefficient (Wildman–Crippen LogP) is 2.80. The van der Waals surface area contributed by atoms with Crippen molar-refractivity contribution in [2.75, 3.05) is 32.7 Å². The molecule has 1 aromatic rings. The Bertz CT molecular complexity index is 567. The first-order valence-corrected chi connectivity index (χ1v) is 9.61. The van der Waals surface area contributed by atoms with E-state index in [2.05, 4.69) is 34.7 Å². The zero-order chi connectivity index (χ0) is 15.5. The first kappa shape index (κ1) is 16.9. The maximum Gasteiger partial charge on any atom is 0.244 e. The summed E-state index contributed by atoms with van der Waals surface area (Å²) >= 11 is 3.34. The molecule has 1 saturated heterocycles. The molecule has 21 heavy (non-hydrogen) atoms. The van der Waals surface area contributed by atoms with E-state index >= 15 is 0 Å². The summed E-state index contributed by atoms with van der Waals surface area (Å²) in [5.41, 5.74) is 0. The van der Waals surface area contributed by atoms with E-state index in [4.69, 9.17) is 0 Å². The van der Waals surface area contributed by atoms with Crippen molar-refractivity contribution < 1.29 is 8.42 Å². The van der Waals surface area contributed by atoms with Crippen molar-refractivity contribution >= 4 is 26.0 Å². The molecular weight excluding hydrogens is 352 g/mol. The molecular formula is C15H23BrN2O2S. The smallest absolute Gasteiger partial charge is 0.244 e. The molecule has 0 atom stereocenters. The van der Waals surface area contributed by atoms with Crippen molar-refractivity contribution in [3.63, 3.8) is 0 Å². The van der Waals surface area contributed by atoms with Crippen molar-refractivity contribution in [2.24, 2.45) is 5.92 Å². The van der Waals surface area contributed by atoms with Gasteiger partial charge in [-0.25, -0.2) is 8.42 Å². The van der Waals surface area contributed by atoms with Crippen molar-refractivity contribution in [3.8, 4) is 0 Å². The molecule has 0 saturated carbocycles. The van der Waals surface area contributed by atoms with Crippen molar-refractivity contribution in [1.29, 1.82) is 0 Å². The van der Waals surface area contributed by atoms with Gasteiger partial charge in [0.2, 0.25) is 10.0 Å². The molecule has 0 aromatic heterocycles. The summed E-state index contributed by atoms with van der Waals surface area (Å²) in [5, 5.41) is 0. The lowest BCUT2D eigenvalue weighted by Crippen LogP contribution is -2.48. The van der Waals surface area contributed by atoms with Gasteiger partial charge in [-0.05, 0) is 46.9 Å². The number of benzene rings is 1. The fraction of sp³-hybridized carbons (Fsp3) is 0.600. The molecule has 0 radical (unpaired) electrons. The third kappa shape index (κ3) is 4.28. The lowest BCUT2D eigenvalue weighted by molar-refractivity contribution is 0.180. The minimum absolute atomic E-state index is 0.362. The van der Waals surface area contributed by atoms with Crippen LogP contribution in [0.15, 0.2) is 33.6 Å². The van der Waals surface area contributed by atoms with Crippen LogP contribution in [-0.2, 0) is 10.0 Å². The Labute approximate surface area is 136 Å². The molecule has 0 bridgehead atoms. The van der Waals surface area contributed by atoms with Crippen LogP contribution in [0, 0.1) is 5.92 Å².